The van der Waals surface area contributed by atoms with E-state index in [4.69, 9.17) is 5.73 Å². The van der Waals surface area contributed by atoms with Crippen LogP contribution in [0.4, 0.5) is 10.1 Å². The molecule has 1 heterocycles. The Morgan fingerprint density at radius 2 is 1.81 bits per heavy atom. The van der Waals surface area contributed by atoms with Crippen molar-refractivity contribution in [3.05, 3.63) is 65.5 Å². The molecule has 0 aliphatic carbocycles. The van der Waals surface area contributed by atoms with Gasteiger partial charge in [0.1, 0.15) is 5.82 Å². The molecular weight excluding hydrogens is 263 g/mol. The van der Waals surface area contributed by atoms with E-state index in [1.807, 2.05) is 19.1 Å². The third-order valence-corrected chi connectivity index (χ3v) is 4.19. The quantitative estimate of drug-likeness (QED) is 0.932. The molecule has 0 amide bonds. The molecule has 0 spiro atoms. The van der Waals surface area contributed by atoms with Gasteiger partial charge in [-0.15, -0.1) is 0 Å². The van der Waals surface area contributed by atoms with Crippen LogP contribution in [0.3, 0.4) is 0 Å². The van der Waals surface area contributed by atoms with Crippen molar-refractivity contribution in [2.75, 3.05) is 11.4 Å². The fraction of sp³-hybridized carbons (Fsp3) is 0.333. The monoisotopic (exact) mass is 284 g/mol. The molecule has 0 fully saturated rings. The topological polar surface area (TPSA) is 29.3 Å². The van der Waals surface area contributed by atoms with Gasteiger partial charge in [0.15, 0.2) is 0 Å². The maximum Gasteiger partial charge on any atom is 0.123 e. The molecule has 0 saturated carbocycles. The second-order valence-corrected chi connectivity index (χ2v) is 5.78. The van der Waals surface area contributed by atoms with Crippen LogP contribution in [0.1, 0.15) is 30.5 Å². The van der Waals surface area contributed by atoms with Gasteiger partial charge in [0.05, 0.1) is 6.04 Å². The lowest BCUT2D eigenvalue weighted by Gasteiger charge is -2.40. The Morgan fingerprint density at radius 3 is 2.52 bits per heavy atom. The molecule has 0 radical (unpaired) electrons. The van der Waals surface area contributed by atoms with Crippen LogP contribution in [0.25, 0.3) is 0 Å². The van der Waals surface area contributed by atoms with Crippen molar-refractivity contribution in [1.29, 1.82) is 0 Å². The predicted molar refractivity (Wildman–Crippen MR) is 84.9 cm³/mol. The summed E-state index contributed by atoms with van der Waals surface area (Å²) in [7, 11) is 0. The summed E-state index contributed by atoms with van der Waals surface area (Å²) < 4.78 is 13.2. The zero-order valence-electron chi connectivity index (χ0n) is 12.3. The summed E-state index contributed by atoms with van der Waals surface area (Å²) in [6.07, 6.45) is 2.24. The summed E-state index contributed by atoms with van der Waals surface area (Å²) >= 11 is 0. The molecule has 2 nitrogen and oxygen atoms in total. The van der Waals surface area contributed by atoms with Gasteiger partial charge in [-0.2, -0.15) is 0 Å². The maximum absolute atomic E-state index is 13.2. The van der Waals surface area contributed by atoms with Crippen LogP contribution in [-0.2, 0) is 6.42 Å². The number of fused-ring (bicyclic) bond motifs is 1. The Kier molecular flexibility index (Phi) is 3.93. The van der Waals surface area contributed by atoms with Crippen LogP contribution in [0.2, 0.25) is 0 Å². The largest absolute Gasteiger partial charge is 0.363 e. The van der Waals surface area contributed by atoms with Crippen molar-refractivity contribution in [3.63, 3.8) is 0 Å². The lowest BCUT2D eigenvalue weighted by atomic mass is 9.94. The first kappa shape index (κ1) is 14.1. The molecule has 21 heavy (non-hydrogen) atoms. The third kappa shape index (κ3) is 2.79. The number of halogens is 1. The van der Waals surface area contributed by atoms with Crippen LogP contribution in [0, 0.1) is 5.82 Å². The minimum Gasteiger partial charge on any atom is -0.363 e. The maximum atomic E-state index is 13.2. The zero-order valence-corrected chi connectivity index (χ0v) is 12.3. The van der Waals surface area contributed by atoms with Gasteiger partial charge in [-0.25, -0.2) is 4.39 Å². The average Bonchev–Trinajstić information content (AvgIpc) is 2.49. The molecule has 0 aromatic heterocycles. The number of aryl methyl sites for hydroxylation is 1. The molecule has 2 atom stereocenters. The number of rotatable bonds is 3. The van der Waals surface area contributed by atoms with E-state index in [9.17, 15) is 4.39 Å². The standard InChI is InChI=1S/C18H21FN2/c1-13(20)18(15-8-10-16(19)11-9-15)21-12-4-6-14-5-2-3-7-17(14)21/h2-3,5,7-11,13,18H,4,6,12,20H2,1H3. The first-order valence-corrected chi connectivity index (χ1v) is 7.52. The van der Waals surface area contributed by atoms with E-state index >= 15 is 0 Å². The molecule has 1 aliphatic rings. The Balaban J connectivity index is 2.01. The fourth-order valence-corrected chi connectivity index (χ4v) is 3.28. The minimum absolute atomic E-state index is 0.0263. The van der Waals surface area contributed by atoms with Crippen molar-refractivity contribution >= 4 is 5.69 Å². The zero-order chi connectivity index (χ0) is 14.8. The van der Waals surface area contributed by atoms with Crippen molar-refractivity contribution in [3.8, 4) is 0 Å². The summed E-state index contributed by atoms with van der Waals surface area (Å²) in [5, 5.41) is 0. The molecule has 2 aromatic rings. The van der Waals surface area contributed by atoms with E-state index in [1.165, 1.54) is 23.4 Å². The van der Waals surface area contributed by atoms with Crippen LogP contribution in [0.5, 0.6) is 0 Å². The fourth-order valence-electron chi connectivity index (χ4n) is 3.28. The Hall–Kier alpha value is -1.87. The minimum atomic E-state index is -0.207. The number of benzene rings is 2. The molecule has 110 valence electrons. The van der Waals surface area contributed by atoms with Crippen molar-refractivity contribution < 1.29 is 4.39 Å². The Bertz CT molecular complexity index is 607. The number of anilines is 1. The highest BCUT2D eigenvalue weighted by molar-refractivity contribution is 5.57. The van der Waals surface area contributed by atoms with Gasteiger partial charge in [-0.1, -0.05) is 30.3 Å². The summed E-state index contributed by atoms with van der Waals surface area (Å²) in [6.45, 7) is 3.01. The summed E-state index contributed by atoms with van der Waals surface area (Å²) in [5.41, 5.74) is 9.96. The van der Waals surface area contributed by atoms with E-state index in [0.29, 0.717) is 0 Å². The Morgan fingerprint density at radius 1 is 1.10 bits per heavy atom. The summed E-state index contributed by atoms with van der Waals surface area (Å²) in [6, 6.07) is 15.3. The SMILES string of the molecule is CC(N)C(c1ccc(F)cc1)N1CCCc2ccccc21. The van der Waals surface area contributed by atoms with E-state index in [-0.39, 0.29) is 17.9 Å². The number of para-hydroxylation sites is 1. The molecule has 0 bridgehead atoms. The number of hydrogen-bond acceptors (Lipinski definition) is 2. The van der Waals surface area contributed by atoms with E-state index < -0.39 is 0 Å². The lowest BCUT2D eigenvalue weighted by Crippen LogP contribution is -2.42. The van der Waals surface area contributed by atoms with E-state index in [0.717, 1.165) is 24.9 Å². The van der Waals surface area contributed by atoms with Crippen LogP contribution >= 0.6 is 0 Å². The molecule has 0 saturated heterocycles. The Labute approximate surface area is 125 Å². The smallest absolute Gasteiger partial charge is 0.123 e. The first-order valence-electron chi connectivity index (χ1n) is 7.52. The van der Waals surface area contributed by atoms with Gasteiger partial charge in [0, 0.05) is 18.3 Å². The summed E-state index contributed by atoms with van der Waals surface area (Å²) in [5.74, 6) is -0.207. The molecule has 1 aliphatic heterocycles. The molecule has 2 N–H and O–H groups in total. The molecule has 3 heteroatoms. The van der Waals surface area contributed by atoms with Crippen LogP contribution in [-0.4, -0.2) is 12.6 Å². The first-order chi connectivity index (χ1) is 10.2. The van der Waals surface area contributed by atoms with Crippen molar-refractivity contribution in [2.45, 2.75) is 31.8 Å². The van der Waals surface area contributed by atoms with E-state index in [2.05, 4.69) is 29.2 Å². The molecule has 2 unspecified atom stereocenters. The molecule has 2 aromatic carbocycles. The number of nitrogens with two attached hydrogens (primary N) is 1. The van der Waals surface area contributed by atoms with Gasteiger partial charge >= 0.3 is 0 Å². The van der Waals surface area contributed by atoms with Gasteiger partial charge in [0.2, 0.25) is 0 Å². The van der Waals surface area contributed by atoms with Gasteiger partial charge in [-0.3, -0.25) is 0 Å². The number of nitrogens with zero attached hydrogens (tertiary/aromatic N) is 1. The highest BCUT2D eigenvalue weighted by atomic mass is 19.1. The lowest BCUT2D eigenvalue weighted by molar-refractivity contribution is 0.509. The average molecular weight is 284 g/mol. The van der Waals surface area contributed by atoms with Gasteiger partial charge in [0.25, 0.3) is 0 Å². The van der Waals surface area contributed by atoms with Crippen LogP contribution < -0.4 is 10.6 Å². The number of hydrogen-bond donors (Lipinski definition) is 1. The third-order valence-electron chi connectivity index (χ3n) is 4.19. The van der Waals surface area contributed by atoms with E-state index in [1.54, 1.807) is 0 Å². The van der Waals surface area contributed by atoms with Crippen LogP contribution in [0.15, 0.2) is 48.5 Å². The second-order valence-electron chi connectivity index (χ2n) is 5.78. The summed E-state index contributed by atoms with van der Waals surface area (Å²) in [4.78, 5) is 2.37. The van der Waals surface area contributed by atoms with Crippen molar-refractivity contribution in [2.24, 2.45) is 5.73 Å². The molecular formula is C18H21FN2. The molecule has 3 rings (SSSR count). The highest BCUT2D eigenvalue weighted by Crippen LogP contribution is 2.35. The second kappa shape index (κ2) is 5.86. The van der Waals surface area contributed by atoms with Gasteiger partial charge < -0.3 is 10.6 Å². The van der Waals surface area contributed by atoms with Gasteiger partial charge in [-0.05, 0) is 49.1 Å². The normalized spacial score (nSPS) is 17.2. The highest BCUT2D eigenvalue weighted by Gasteiger charge is 2.27. The van der Waals surface area contributed by atoms with Crippen molar-refractivity contribution in [1.82, 2.24) is 0 Å². The predicted octanol–water partition coefficient (Wildman–Crippen LogP) is 3.67.